The number of amides is 1. The van der Waals surface area contributed by atoms with E-state index in [1.807, 2.05) is 0 Å². The number of benzene rings is 1. The predicted octanol–water partition coefficient (Wildman–Crippen LogP) is 1.43. The number of hydrogen-bond acceptors (Lipinski definition) is 3. The molecule has 0 spiro atoms. The molecule has 0 fully saturated rings. The highest BCUT2D eigenvalue weighted by molar-refractivity contribution is 6.32. The number of carbonyl (C=O) groups is 1. The minimum Gasteiger partial charge on any atom is -0.454 e. The van der Waals surface area contributed by atoms with E-state index in [1.165, 1.54) is 0 Å². The molecule has 1 amide bonds. The van der Waals surface area contributed by atoms with E-state index < -0.39 is 0 Å². The third kappa shape index (κ3) is 1.37. The summed E-state index contributed by atoms with van der Waals surface area (Å²) in [6, 6.07) is 3.15. The van der Waals surface area contributed by atoms with E-state index in [4.69, 9.17) is 21.1 Å². The summed E-state index contributed by atoms with van der Waals surface area (Å²) in [5.41, 5.74) is 0.460. The van der Waals surface area contributed by atoms with Gasteiger partial charge in [-0.2, -0.15) is 0 Å². The van der Waals surface area contributed by atoms with Gasteiger partial charge in [0.25, 0.3) is 5.91 Å². The molecule has 0 atom stereocenters. The van der Waals surface area contributed by atoms with Crippen molar-refractivity contribution in [2.24, 2.45) is 0 Å². The SMILES string of the molecule is CNC(=O)c1cc(Cl)c2c(c1)OCO2. The summed E-state index contributed by atoms with van der Waals surface area (Å²) in [7, 11) is 1.56. The Bertz CT molecular complexity index is 392. The molecule has 1 aliphatic rings. The minimum atomic E-state index is -0.204. The molecule has 0 saturated carbocycles. The normalized spacial score (nSPS) is 12.7. The Labute approximate surface area is 85.8 Å². The topological polar surface area (TPSA) is 47.6 Å². The Hall–Kier alpha value is -1.42. The van der Waals surface area contributed by atoms with Crippen LogP contribution < -0.4 is 14.8 Å². The highest BCUT2D eigenvalue weighted by atomic mass is 35.5. The Morgan fingerprint density at radius 1 is 1.50 bits per heavy atom. The second-order valence-electron chi connectivity index (χ2n) is 2.77. The molecule has 5 heteroatoms. The molecule has 0 bridgehead atoms. The second-order valence-corrected chi connectivity index (χ2v) is 3.18. The first-order chi connectivity index (χ1) is 6.72. The van der Waals surface area contributed by atoms with Gasteiger partial charge in [-0.3, -0.25) is 4.79 Å². The fourth-order valence-electron chi connectivity index (χ4n) is 1.24. The maximum Gasteiger partial charge on any atom is 0.251 e. The van der Waals surface area contributed by atoms with Gasteiger partial charge in [0.1, 0.15) is 0 Å². The van der Waals surface area contributed by atoms with Crippen molar-refractivity contribution in [1.29, 1.82) is 0 Å². The zero-order valence-electron chi connectivity index (χ0n) is 7.46. The minimum absolute atomic E-state index is 0.145. The lowest BCUT2D eigenvalue weighted by Gasteiger charge is -2.03. The molecule has 1 N–H and O–H groups in total. The molecule has 0 unspecified atom stereocenters. The van der Waals surface area contributed by atoms with Gasteiger partial charge in [0, 0.05) is 12.6 Å². The van der Waals surface area contributed by atoms with Crippen molar-refractivity contribution in [2.75, 3.05) is 13.8 Å². The van der Waals surface area contributed by atoms with Crippen molar-refractivity contribution in [3.05, 3.63) is 22.7 Å². The summed E-state index contributed by atoms with van der Waals surface area (Å²) < 4.78 is 10.2. The van der Waals surface area contributed by atoms with Gasteiger partial charge in [-0.1, -0.05) is 11.6 Å². The largest absolute Gasteiger partial charge is 0.454 e. The fraction of sp³-hybridized carbons (Fsp3) is 0.222. The monoisotopic (exact) mass is 213 g/mol. The van der Waals surface area contributed by atoms with Gasteiger partial charge in [0.2, 0.25) is 6.79 Å². The van der Waals surface area contributed by atoms with E-state index in [2.05, 4.69) is 5.32 Å². The molecule has 0 saturated heterocycles. The first-order valence-electron chi connectivity index (χ1n) is 4.03. The van der Waals surface area contributed by atoms with Gasteiger partial charge in [-0.15, -0.1) is 0 Å². The average Bonchev–Trinajstić information content (AvgIpc) is 2.64. The van der Waals surface area contributed by atoms with Crippen LogP contribution in [0, 0.1) is 0 Å². The molecule has 14 heavy (non-hydrogen) atoms. The number of ether oxygens (including phenoxy) is 2. The van der Waals surface area contributed by atoms with Crippen LogP contribution in [-0.2, 0) is 0 Å². The van der Waals surface area contributed by atoms with E-state index in [9.17, 15) is 4.79 Å². The van der Waals surface area contributed by atoms with Gasteiger partial charge < -0.3 is 14.8 Å². The predicted molar refractivity (Wildman–Crippen MR) is 51.0 cm³/mol. The molecular weight excluding hydrogens is 206 g/mol. The quantitative estimate of drug-likeness (QED) is 0.768. The molecule has 1 heterocycles. The van der Waals surface area contributed by atoms with E-state index >= 15 is 0 Å². The number of hydrogen-bond donors (Lipinski definition) is 1. The molecule has 1 aromatic carbocycles. The van der Waals surface area contributed by atoms with Gasteiger partial charge in [-0.25, -0.2) is 0 Å². The van der Waals surface area contributed by atoms with Gasteiger partial charge in [0.15, 0.2) is 11.5 Å². The van der Waals surface area contributed by atoms with E-state index in [0.29, 0.717) is 22.1 Å². The molecule has 74 valence electrons. The molecule has 2 rings (SSSR count). The molecule has 0 aromatic heterocycles. The van der Waals surface area contributed by atoms with E-state index in [0.717, 1.165) is 0 Å². The van der Waals surface area contributed by atoms with Crippen LogP contribution >= 0.6 is 11.6 Å². The third-order valence-electron chi connectivity index (χ3n) is 1.92. The summed E-state index contributed by atoms with van der Waals surface area (Å²) in [6.45, 7) is 0.145. The number of fused-ring (bicyclic) bond motifs is 1. The lowest BCUT2D eigenvalue weighted by Crippen LogP contribution is -2.17. The van der Waals surface area contributed by atoms with Crippen LogP contribution in [0.15, 0.2) is 12.1 Å². The Balaban J connectivity index is 2.46. The second kappa shape index (κ2) is 3.38. The average molecular weight is 214 g/mol. The maximum atomic E-state index is 11.3. The van der Waals surface area contributed by atoms with Crippen LogP contribution in [0.3, 0.4) is 0 Å². The number of carbonyl (C=O) groups excluding carboxylic acids is 1. The molecule has 4 nitrogen and oxygen atoms in total. The van der Waals surface area contributed by atoms with Crippen molar-refractivity contribution in [1.82, 2.24) is 5.32 Å². The zero-order chi connectivity index (χ0) is 10.1. The molecule has 0 aliphatic carbocycles. The van der Waals surface area contributed by atoms with Crippen LogP contribution in [0.1, 0.15) is 10.4 Å². The Morgan fingerprint density at radius 3 is 3.00 bits per heavy atom. The van der Waals surface area contributed by atoms with Crippen molar-refractivity contribution in [3.8, 4) is 11.5 Å². The summed E-state index contributed by atoms with van der Waals surface area (Å²) in [5.74, 6) is 0.806. The molecule has 1 aromatic rings. The van der Waals surface area contributed by atoms with Crippen LogP contribution in [0.2, 0.25) is 5.02 Å². The fourth-order valence-corrected chi connectivity index (χ4v) is 1.51. The van der Waals surface area contributed by atoms with Crippen LogP contribution in [0.25, 0.3) is 0 Å². The molecule has 0 radical (unpaired) electrons. The van der Waals surface area contributed by atoms with Crippen molar-refractivity contribution >= 4 is 17.5 Å². The number of nitrogens with one attached hydrogen (secondary N) is 1. The van der Waals surface area contributed by atoms with E-state index in [1.54, 1.807) is 19.2 Å². The van der Waals surface area contributed by atoms with Crippen molar-refractivity contribution in [3.63, 3.8) is 0 Å². The summed E-state index contributed by atoms with van der Waals surface area (Å²) in [4.78, 5) is 11.3. The van der Waals surface area contributed by atoms with Crippen molar-refractivity contribution in [2.45, 2.75) is 0 Å². The van der Waals surface area contributed by atoms with Gasteiger partial charge in [-0.05, 0) is 12.1 Å². The zero-order valence-corrected chi connectivity index (χ0v) is 8.22. The first kappa shape index (κ1) is 9.15. The highest BCUT2D eigenvalue weighted by Gasteiger charge is 2.19. The van der Waals surface area contributed by atoms with Crippen LogP contribution in [-0.4, -0.2) is 19.7 Å². The van der Waals surface area contributed by atoms with Gasteiger partial charge >= 0.3 is 0 Å². The van der Waals surface area contributed by atoms with Gasteiger partial charge in [0.05, 0.1) is 5.02 Å². The highest BCUT2D eigenvalue weighted by Crippen LogP contribution is 2.39. The van der Waals surface area contributed by atoms with Crippen LogP contribution in [0.5, 0.6) is 11.5 Å². The third-order valence-corrected chi connectivity index (χ3v) is 2.20. The first-order valence-corrected chi connectivity index (χ1v) is 4.41. The lowest BCUT2D eigenvalue weighted by atomic mass is 10.2. The Morgan fingerprint density at radius 2 is 2.29 bits per heavy atom. The summed E-state index contributed by atoms with van der Waals surface area (Å²) in [6.07, 6.45) is 0. The van der Waals surface area contributed by atoms with E-state index in [-0.39, 0.29) is 12.7 Å². The summed E-state index contributed by atoms with van der Waals surface area (Å²) >= 11 is 5.89. The number of halogens is 1. The molecule has 1 aliphatic heterocycles. The van der Waals surface area contributed by atoms with Crippen LogP contribution in [0.4, 0.5) is 0 Å². The lowest BCUT2D eigenvalue weighted by molar-refractivity contribution is 0.0962. The van der Waals surface area contributed by atoms with Crippen molar-refractivity contribution < 1.29 is 14.3 Å². The number of rotatable bonds is 1. The maximum absolute atomic E-state index is 11.3. The molecular formula is C9H8ClNO3. The Kier molecular flexibility index (Phi) is 2.21. The smallest absolute Gasteiger partial charge is 0.251 e. The summed E-state index contributed by atoms with van der Waals surface area (Å²) in [5, 5.41) is 2.89. The standard InChI is InChI=1S/C9H8ClNO3/c1-11-9(12)5-2-6(10)8-7(3-5)13-4-14-8/h2-3H,4H2,1H3,(H,11,12).